The highest BCUT2D eigenvalue weighted by Crippen LogP contribution is 2.14. The SMILES string of the molecule is [C]#CC1=C(C#[C])C(=[SiH]c2ccccc2)CC=C1. The smallest absolute Gasteiger partial charge is 0.0408 e. The maximum Gasteiger partial charge on any atom is 0.0408 e. The molecule has 1 heteroatoms. The van der Waals surface area contributed by atoms with Crippen molar-refractivity contribution in [3.8, 4) is 11.8 Å². The summed E-state index contributed by atoms with van der Waals surface area (Å²) in [7, 11) is -0.0118. The Morgan fingerprint density at radius 2 is 1.82 bits per heavy atom. The molecule has 0 aromatic heterocycles. The zero-order valence-electron chi connectivity index (χ0n) is 9.33. The van der Waals surface area contributed by atoms with Crippen molar-refractivity contribution in [1.82, 2.24) is 0 Å². The Hall–Kier alpha value is -2.09. The number of hydrogen-bond donors (Lipinski definition) is 0. The van der Waals surface area contributed by atoms with Crippen LogP contribution in [0, 0.1) is 24.7 Å². The van der Waals surface area contributed by atoms with E-state index in [0.717, 1.165) is 12.0 Å². The average molecular weight is 230 g/mol. The van der Waals surface area contributed by atoms with E-state index < -0.39 is 0 Å². The second-order valence-electron chi connectivity index (χ2n) is 3.73. The second-order valence-corrected chi connectivity index (χ2v) is 5.38. The molecule has 1 aliphatic rings. The van der Waals surface area contributed by atoms with E-state index in [4.69, 9.17) is 12.8 Å². The Morgan fingerprint density at radius 3 is 2.47 bits per heavy atom. The van der Waals surface area contributed by atoms with E-state index in [0.29, 0.717) is 5.57 Å². The maximum atomic E-state index is 7.35. The molecule has 0 spiro atoms. The lowest BCUT2D eigenvalue weighted by molar-refractivity contribution is 1.44. The van der Waals surface area contributed by atoms with Crippen molar-refractivity contribution in [3.05, 3.63) is 66.5 Å². The summed E-state index contributed by atoms with van der Waals surface area (Å²) in [5.74, 6) is 4.83. The van der Waals surface area contributed by atoms with Crippen LogP contribution in [0.5, 0.6) is 0 Å². The van der Waals surface area contributed by atoms with E-state index in [1.54, 1.807) is 0 Å². The predicted octanol–water partition coefficient (Wildman–Crippen LogP) is 1.36. The molecule has 0 fully saturated rings. The lowest BCUT2D eigenvalue weighted by Gasteiger charge is -2.11. The molecule has 2 rings (SSSR count). The molecule has 78 valence electrons. The molecule has 2 radical (unpaired) electrons. The van der Waals surface area contributed by atoms with Gasteiger partial charge < -0.3 is 0 Å². The van der Waals surface area contributed by atoms with E-state index in [9.17, 15) is 0 Å². The molecule has 1 aromatic rings. The highest BCUT2D eigenvalue weighted by atomic mass is 28.2. The van der Waals surface area contributed by atoms with Crippen LogP contribution in [0.2, 0.25) is 0 Å². The number of allylic oxidation sites excluding steroid dienone is 4. The minimum absolute atomic E-state index is 0.0118. The topological polar surface area (TPSA) is 0 Å². The molecular weight excluding hydrogens is 220 g/mol. The predicted molar refractivity (Wildman–Crippen MR) is 73.3 cm³/mol. The Bertz CT molecular complexity index is 587. The van der Waals surface area contributed by atoms with Gasteiger partial charge in [-0.2, -0.15) is 0 Å². The van der Waals surface area contributed by atoms with Gasteiger partial charge in [-0.15, -0.1) is 0 Å². The molecule has 0 N–H and O–H groups in total. The Kier molecular flexibility index (Phi) is 3.55. The third-order valence-corrected chi connectivity index (χ3v) is 4.20. The normalized spacial score (nSPS) is 16.7. The first-order valence-electron chi connectivity index (χ1n) is 5.37. The third-order valence-electron chi connectivity index (χ3n) is 2.61. The lowest BCUT2D eigenvalue weighted by atomic mass is 9.98. The van der Waals surface area contributed by atoms with Crippen LogP contribution in [0.4, 0.5) is 0 Å². The van der Waals surface area contributed by atoms with Gasteiger partial charge in [-0.05, 0) is 35.7 Å². The third kappa shape index (κ3) is 2.53. The molecule has 0 aliphatic heterocycles. The van der Waals surface area contributed by atoms with Gasteiger partial charge in [-0.3, -0.25) is 0 Å². The summed E-state index contributed by atoms with van der Waals surface area (Å²) in [6.45, 7) is 0. The minimum Gasteiger partial charge on any atom is -0.0792 e. The summed E-state index contributed by atoms with van der Waals surface area (Å²) in [6, 6.07) is 10.3. The molecular formula is C16H10Si. The fourth-order valence-corrected chi connectivity index (χ4v) is 3.24. The van der Waals surface area contributed by atoms with Crippen molar-refractivity contribution in [2.45, 2.75) is 6.42 Å². The van der Waals surface area contributed by atoms with E-state index in [-0.39, 0.29) is 9.13 Å². The van der Waals surface area contributed by atoms with Crippen LogP contribution in [-0.4, -0.2) is 14.3 Å². The molecule has 17 heavy (non-hydrogen) atoms. The van der Waals surface area contributed by atoms with Crippen molar-refractivity contribution in [2.75, 3.05) is 0 Å². The van der Waals surface area contributed by atoms with Crippen LogP contribution in [-0.2, 0) is 0 Å². The highest BCUT2D eigenvalue weighted by Gasteiger charge is 2.10. The zero-order valence-corrected chi connectivity index (χ0v) is 10.5. The van der Waals surface area contributed by atoms with Crippen molar-refractivity contribution in [1.29, 1.82) is 0 Å². The summed E-state index contributed by atoms with van der Waals surface area (Å²) in [6.07, 6.45) is 19.3. The van der Waals surface area contributed by atoms with Gasteiger partial charge >= 0.3 is 0 Å². The number of rotatable bonds is 1. The Labute approximate surface area is 105 Å². The molecule has 0 unspecified atom stereocenters. The molecule has 0 nitrogen and oxygen atoms in total. The van der Waals surface area contributed by atoms with Gasteiger partial charge in [0.25, 0.3) is 0 Å². The molecule has 0 heterocycles. The first kappa shape index (κ1) is 11.4. The molecule has 1 aromatic carbocycles. The van der Waals surface area contributed by atoms with Crippen molar-refractivity contribution in [3.63, 3.8) is 0 Å². The van der Waals surface area contributed by atoms with Crippen LogP contribution in [0.15, 0.2) is 53.6 Å². The lowest BCUT2D eigenvalue weighted by Crippen LogP contribution is -2.19. The quantitative estimate of drug-likeness (QED) is 0.505. The first-order chi connectivity index (χ1) is 8.35. The van der Waals surface area contributed by atoms with Crippen LogP contribution in [0.3, 0.4) is 0 Å². The van der Waals surface area contributed by atoms with Gasteiger partial charge in [0, 0.05) is 20.3 Å². The minimum atomic E-state index is -0.0118. The van der Waals surface area contributed by atoms with Gasteiger partial charge in [0.2, 0.25) is 0 Å². The summed E-state index contributed by atoms with van der Waals surface area (Å²) < 4.78 is 0. The summed E-state index contributed by atoms with van der Waals surface area (Å²) in [4.78, 5) is 0. The van der Waals surface area contributed by atoms with Crippen LogP contribution < -0.4 is 5.19 Å². The Balaban J connectivity index is 2.46. The molecule has 0 saturated carbocycles. The van der Waals surface area contributed by atoms with E-state index >= 15 is 0 Å². The highest BCUT2D eigenvalue weighted by molar-refractivity contribution is 6.69. The maximum absolute atomic E-state index is 7.35. The van der Waals surface area contributed by atoms with Crippen LogP contribution in [0.25, 0.3) is 0 Å². The number of hydrogen-bond acceptors (Lipinski definition) is 0. The fourth-order valence-electron chi connectivity index (χ4n) is 1.80. The largest absolute Gasteiger partial charge is 0.0792 e. The first-order valence-corrected chi connectivity index (χ1v) is 6.53. The van der Waals surface area contributed by atoms with Crippen molar-refractivity contribution >= 4 is 19.5 Å². The molecule has 1 aliphatic carbocycles. The molecule has 0 atom stereocenters. The van der Waals surface area contributed by atoms with Crippen molar-refractivity contribution < 1.29 is 0 Å². The summed E-state index contributed by atoms with van der Waals surface area (Å²) in [5, 5.41) is 2.51. The summed E-state index contributed by atoms with van der Waals surface area (Å²) in [5.41, 5.74) is 1.42. The molecule has 0 amide bonds. The zero-order chi connectivity index (χ0) is 12.1. The van der Waals surface area contributed by atoms with E-state index in [1.807, 2.05) is 30.4 Å². The standard InChI is InChI=1S/C16H10Si/c1-3-13-9-8-12-16(15(13)4-2)17-14-10-6-5-7-11-14/h5-11,17H,12H2. The monoisotopic (exact) mass is 230 g/mol. The van der Waals surface area contributed by atoms with Crippen LogP contribution >= 0.6 is 0 Å². The van der Waals surface area contributed by atoms with E-state index in [1.165, 1.54) is 10.4 Å². The molecule has 0 bridgehead atoms. The van der Waals surface area contributed by atoms with Gasteiger partial charge in [0.05, 0.1) is 0 Å². The van der Waals surface area contributed by atoms with E-state index in [2.05, 4.69) is 24.0 Å². The van der Waals surface area contributed by atoms with Gasteiger partial charge in [0.15, 0.2) is 0 Å². The van der Waals surface area contributed by atoms with Gasteiger partial charge in [-0.25, -0.2) is 0 Å². The van der Waals surface area contributed by atoms with Gasteiger partial charge in [-0.1, -0.05) is 48.2 Å². The van der Waals surface area contributed by atoms with Gasteiger partial charge in [0.1, 0.15) is 0 Å². The fraction of sp³-hybridized carbons (Fsp3) is 0.0625. The summed E-state index contributed by atoms with van der Waals surface area (Å²) >= 11 is 0. The second kappa shape index (κ2) is 5.30. The van der Waals surface area contributed by atoms with Crippen molar-refractivity contribution in [2.24, 2.45) is 0 Å². The Morgan fingerprint density at radius 1 is 1.06 bits per heavy atom. The number of benzene rings is 1. The van der Waals surface area contributed by atoms with Crippen LogP contribution in [0.1, 0.15) is 6.42 Å². The molecule has 0 saturated heterocycles. The average Bonchev–Trinajstić information content (AvgIpc) is 2.39.